The number of oxime groups is 1. The Morgan fingerprint density at radius 2 is 2.07 bits per heavy atom. The van der Waals surface area contributed by atoms with Gasteiger partial charge in [-0.05, 0) is 12.5 Å². The van der Waals surface area contributed by atoms with Crippen molar-refractivity contribution in [1.82, 2.24) is 0 Å². The number of rotatable bonds is 1. The summed E-state index contributed by atoms with van der Waals surface area (Å²) in [6.07, 6.45) is 0.741. The molecule has 0 radical (unpaired) electrons. The highest BCUT2D eigenvalue weighted by Crippen LogP contribution is 2.27. The van der Waals surface area contributed by atoms with Gasteiger partial charge >= 0.3 is 0 Å². The minimum Gasteiger partial charge on any atom is -0.482 e. The first kappa shape index (κ1) is 9.06. The molecule has 1 aromatic carbocycles. The highest BCUT2D eigenvalue weighted by molar-refractivity contribution is 5.77. The number of benzene rings is 1. The molecular formula is C11H13NO2. The zero-order valence-corrected chi connectivity index (χ0v) is 8.36. The zero-order chi connectivity index (χ0) is 9.97. The molecule has 3 nitrogen and oxygen atoms in total. The maximum absolute atomic E-state index is 5.25. The molecule has 74 valence electrons. The predicted octanol–water partition coefficient (Wildman–Crippen LogP) is 2.42. The zero-order valence-electron chi connectivity index (χ0n) is 8.36. The molecule has 0 aromatic heterocycles. The smallest absolute Gasteiger partial charge is 0.229 e. The van der Waals surface area contributed by atoms with Crippen LogP contribution in [0.4, 0.5) is 0 Å². The molecule has 0 amide bonds. The normalized spacial score (nSPS) is 20.1. The van der Waals surface area contributed by atoms with Gasteiger partial charge in [0.05, 0.1) is 13.5 Å². The van der Waals surface area contributed by atoms with Crippen LogP contribution in [0.1, 0.15) is 23.7 Å². The van der Waals surface area contributed by atoms with E-state index in [4.69, 9.17) is 9.57 Å². The third-order valence-corrected chi connectivity index (χ3v) is 2.33. The molecule has 1 aromatic rings. The third kappa shape index (κ3) is 1.71. The van der Waals surface area contributed by atoms with Crippen LogP contribution in [0.25, 0.3) is 0 Å². The summed E-state index contributed by atoms with van der Waals surface area (Å²) in [4.78, 5) is 5.25. The molecule has 1 aliphatic rings. The summed E-state index contributed by atoms with van der Waals surface area (Å²) in [5.74, 6) is 0.663. The summed E-state index contributed by atoms with van der Waals surface area (Å²) in [5, 5.41) is 3.83. The quantitative estimate of drug-likeness (QED) is 0.682. The van der Waals surface area contributed by atoms with Gasteiger partial charge in [0.1, 0.15) is 0 Å². The van der Waals surface area contributed by atoms with Crippen molar-refractivity contribution in [3.8, 4) is 0 Å². The van der Waals surface area contributed by atoms with E-state index >= 15 is 0 Å². The molecule has 0 spiro atoms. The van der Waals surface area contributed by atoms with Gasteiger partial charge in [0.2, 0.25) is 5.90 Å². The lowest BCUT2D eigenvalue weighted by Gasteiger charge is -2.07. The van der Waals surface area contributed by atoms with Crippen molar-refractivity contribution in [2.24, 2.45) is 5.16 Å². The van der Waals surface area contributed by atoms with E-state index in [-0.39, 0.29) is 6.10 Å². The van der Waals surface area contributed by atoms with E-state index in [9.17, 15) is 0 Å². The second kappa shape index (κ2) is 3.70. The summed E-state index contributed by atoms with van der Waals surface area (Å²) >= 11 is 0. The molecule has 0 fully saturated rings. The fourth-order valence-corrected chi connectivity index (χ4v) is 1.44. The number of aryl methyl sites for hydroxylation is 1. The highest BCUT2D eigenvalue weighted by atomic mass is 16.7. The van der Waals surface area contributed by atoms with Gasteiger partial charge in [0.25, 0.3) is 0 Å². The Morgan fingerprint density at radius 1 is 1.36 bits per heavy atom. The lowest BCUT2D eigenvalue weighted by atomic mass is 10.1. The van der Waals surface area contributed by atoms with Crippen LogP contribution in [0.15, 0.2) is 29.4 Å². The van der Waals surface area contributed by atoms with Gasteiger partial charge in [-0.1, -0.05) is 35.0 Å². The molecule has 0 saturated carbocycles. The van der Waals surface area contributed by atoms with Crippen LogP contribution in [-0.2, 0) is 9.57 Å². The van der Waals surface area contributed by atoms with Crippen molar-refractivity contribution >= 4 is 5.90 Å². The molecular weight excluding hydrogens is 178 g/mol. The third-order valence-electron chi connectivity index (χ3n) is 2.33. The molecule has 1 heterocycles. The van der Waals surface area contributed by atoms with Gasteiger partial charge < -0.3 is 9.57 Å². The van der Waals surface area contributed by atoms with Crippen molar-refractivity contribution in [2.45, 2.75) is 19.4 Å². The average Bonchev–Trinajstić information content (AvgIpc) is 2.67. The van der Waals surface area contributed by atoms with E-state index in [1.165, 1.54) is 5.56 Å². The second-order valence-electron chi connectivity index (χ2n) is 3.40. The van der Waals surface area contributed by atoms with Crippen LogP contribution in [0.2, 0.25) is 0 Å². The van der Waals surface area contributed by atoms with Crippen LogP contribution in [0.3, 0.4) is 0 Å². The van der Waals surface area contributed by atoms with E-state index in [1.807, 2.05) is 0 Å². The van der Waals surface area contributed by atoms with Crippen molar-refractivity contribution < 1.29 is 9.57 Å². The summed E-state index contributed by atoms with van der Waals surface area (Å²) in [5.41, 5.74) is 2.39. The van der Waals surface area contributed by atoms with Crippen LogP contribution < -0.4 is 0 Å². The van der Waals surface area contributed by atoms with E-state index in [0.717, 1.165) is 12.0 Å². The Bertz CT molecular complexity index is 343. The van der Waals surface area contributed by atoms with Gasteiger partial charge in [-0.2, -0.15) is 0 Å². The van der Waals surface area contributed by atoms with E-state index in [1.54, 1.807) is 7.11 Å². The summed E-state index contributed by atoms with van der Waals surface area (Å²) in [7, 11) is 1.61. The van der Waals surface area contributed by atoms with E-state index in [0.29, 0.717) is 5.90 Å². The largest absolute Gasteiger partial charge is 0.482 e. The van der Waals surface area contributed by atoms with Crippen LogP contribution in [0.5, 0.6) is 0 Å². The number of ether oxygens (including phenoxy) is 1. The molecule has 3 heteroatoms. The fourth-order valence-electron chi connectivity index (χ4n) is 1.44. The molecule has 14 heavy (non-hydrogen) atoms. The lowest BCUT2D eigenvalue weighted by Crippen LogP contribution is -2.01. The minimum absolute atomic E-state index is 0.0190. The van der Waals surface area contributed by atoms with E-state index in [2.05, 4.69) is 36.3 Å². The summed E-state index contributed by atoms with van der Waals surface area (Å²) in [6, 6.07) is 8.27. The molecule has 0 saturated heterocycles. The first-order valence-electron chi connectivity index (χ1n) is 4.63. The van der Waals surface area contributed by atoms with Crippen molar-refractivity contribution in [3.05, 3.63) is 35.4 Å². The van der Waals surface area contributed by atoms with Gasteiger partial charge in [0.15, 0.2) is 6.10 Å². The fraction of sp³-hybridized carbons (Fsp3) is 0.364. The monoisotopic (exact) mass is 191 g/mol. The second-order valence-corrected chi connectivity index (χ2v) is 3.40. The first-order valence-corrected chi connectivity index (χ1v) is 4.63. The van der Waals surface area contributed by atoms with Crippen LogP contribution in [-0.4, -0.2) is 13.0 Å². The van der Waals surface area contributed by atoms with Crippen molar-refractivity contribution in [2.75, 3.05) is 7.11 Å². The minimum atomic E-state index is 0.0190. The molecule has 1 unspecified atom stereocenters. The molecule has 2 rings (SSSR count). The summed E-state index contributed by atoms with van der Waals surface area (Å²) in [6.45, 7) is 2.07. The summed E-state index contributed by atoms with van der Waals surface area (Å²) < 4.78 is 5.01. The maximum Gasteiger partial charge on any atom is 0.229 e. The Balaban J connectivity index is 2.08. The van der Waals surface area contributed by atoms with Gasteiger partial charge in [0, 0.05) is 0 Å². The maximum atomic E-state index is 5.25. The Morgan fingerprint density at radius 3 is 2.64 bits per heavy atom. The van der Waals surface area contributed by atoms with E-state index < -0.39 is 0 Å². The van der Waals surface area contributed by atoms with Crippen LogP contribution in [0, 0.1) is 6.92 Å². The number of nitrogens with zero attached hydrogens (tertiary/aromatic N) is 1. The molecule has 0 N–H and O–H groups in total. The molecule has 1 aliphatic heterocycles. The predicted molar refractivity (Wildman–Crippen MR) is 54.1 cm³/mol. The Labute approximate surface area is 83.3 Å². The first-order chi connectivity index (χ1) is 6.79. The van der Waals surface area contributed by atoms with Gasteiger partial charge in [-0.15, -0.1) is 0 Å². The SMILES string of the molecule is COC1=NOC(c2ccc(C)cc2)C1. The van der Waals surface area contributed by atoms with Crippen molar-refractivity contribution in [3.63, 3.8) is 0 Å². The topological polar surface area (TPSA) is 30.8 Å². The van der Waals surface area contributed by atoms with Crippen LogP contribution >= 0.6 is 0 Å². The Kier molecular flexibility index (Phi) is 2.39. The average molecular weight is 191 g/mol. The van der Waals surface area contributed by atoms with Gasteiger partial charge in [-0.3, -0.25) is 0 Å². The standard InChI is InChI=1S/C11H13NO2/c1-8-3-5-9(6-4-8)10-7-11(13-2)12-14-10/h3-6,10H,7H2,1-2H3. The van der Waals surface area contributed by atoms with Crippen molar-refractivity contribution in [1.29, 1.82) is 0 Å². The molecule has 0 aliphatic carbocycles. The Hall–Kier alpha value is -1.51. The molecule has 1 atom stereocenters. The highest BCUT2D eigenvalue weighted by Gasteiger charge is 2.22. The van der Waals surface area contributed by atoms with Gasteiger partial charge in [-0.25, -0.2) is 0 Å². The molecule has 0 bridgehead atoms. The number of methoxy groups -OCH3 is 1. The number of hydrogen-bond donors (Lipinski definition) is 0. The number of hydrogen-bond acceptors (Lipinski definition) is 3. The lowest BCUT2D eigenvalue weighted by molar-refractivity contribution is 0.0854.